The number of amides is 1. The van der Waals surface area contributed by atoms with E-state index in [9.17, 15) is 19.3 Å². The van der Waals surface area contributed by atoms with Crippen molar-refractivity contribution in [3.63, 3.8) is 0 Å². The zero-order chi connectivity index (χ0) is 13.7. The van der Waals surface area contributed by atoms with Crippen molar-refractivity contribution in [1.29, 1.82) is 0 Å². The molecule has 1 aromatic carbocycles. The van der Waals surface area contributed by atoms with Crippen molar-refractivity contribution in [2.45, 2.75) is 20.0 Å². The number of carbonyl (C=O) groups excluding carboxylic acids is 1. The lowest BCUT2D eigenvalue weighted by atomic mass is 10.3. The van der Waals surface area contributed by atoms with Crippen LogP contribution in [0.3, 0.4) is 0 Å². The molecule has 1 N–H and O–H groups in total. The quantitative estimate of drug-likeness (QED) is 0.641. The molecule has 0 aliphatic carbocycles. The van der Waals surface area contributed by atoms with Crippen LogP contribution in [-0.4, -0.2) is 23.5 Å². The minimum atomic E-state index is -0.939. The molecule has 1 unspecified atom stereocenters. The molecule has 7 heteroatoms. The summed E-state index contributed by atoms with van der Waals surface area (Å²) in [6, 6.07) is 2.84. The van der Waals surface area contributed by atoms with Gasteiger partial charge in [-0.1, -0.05) is 0 Å². The van der Waals surface area contributed by atoms with Crippen LogP contribution in [0, 0.1) is 15.9 Å². The fourth-order valence-electron chi connectivity index (χ4n) is 1.30. The number of hydrogen-bond acceptors (Lipinski definition) is 4. The molecule has 0 aliphatic rings. The molecule has 0 spiro atoms. The van der Waals surface area contributed by atoms with Crippen molar-refractivity contribution in [3.8, 4) is 5.75 Å². The number of nitro benzene ring substituents is 1. The van der Waals surface area contributed by atoms with E-state index in [2.05, 4.69) is 5.32 Å². The summed E-state index contributed by atoms with van der Waals surface area (Å²) in [6.45, 7) is 3.58. The van der Waals surface area contributed by atoms with Crippen LogP contribution in [-0.2, 0) is 4.79 Å². The first kappa shape index (κ1) is 13.9. The molecule has 1 atom stereocenters. The van der Waals surface area contributed by atoms with Gasteiger partial charge in [0.15, 0.2) is 6.10 Å². The van der Waals surface area contributed by atoms with Crippen molar-refractivity contribution < 1.29 is 18.8 Å². The topological polar surface area (TPSA) is 81.5 Å². The highest BCUT2D eigenvalue weighted by Gasteiger charge is 2.21. The zero-order valence-electron chi connectivity index (χ0n) is 9.97. The normalized spacial score (nSPS) is 11.7. The van der Waals surface area contributed by atoms with Gasteiger partial charge in [-0.2, -0.15) is 0 Å². The number of nitro groups is 1. The molecule has 0 fully saturated rings. The van der Waals surface area contributed by atoms with Crippen molar-refractivity contribution in [2.75, 3.05) is 6.54 Å². The number of hydrogen-bond donors (Lipinski definition) is 1. The Hall–Kier alpha value is -2.18. The average molecular weight is 256 g/mol. The van der Waals surface area contributed by atoms with Crippen LogP contribution in [0.15, 0.2) is 18.2 Å². The summed E-state index contributed by atoms with van der Waals surface area (Å²) in [7, 11) is 0. The Balaban J connectivity index is 2.92. The summed E-state index contributed by atoms with van der Waals surface area (Å²) >= 11 is 0. The van der Waals surface area contributed by atoms with Gasteiger partial charge in [-0.25, -0.2) is 4.39 Å². The van der Waals surface area contributed by atoms with E-state index in [0.717, 1.165) is 18.2 Å². The number of likely N-dealkylation sites (N-methyl/N-ethyl adjacent to an activating group) is 1. The van der Waals surface area contributed by atoms with Gasteiger partial charge < -0.3 is 10.1 Å². The summed E-state index contributed by atoms with van der Waals surface area (Å²) < 4.78 is 18.1. The molecule has 0 radical (unpaired) electrons. The van der Waals surface area contributed by atoms with Crippen LogP contribution >= 0.6 is 0 Å². The number of benzene rings is 1. The van der Waals surface area contributed by atoms with Gasteiger partial charge in [0.1, 0.15) is 5.82 Å². The Kier molecular flexibility index (Phi) is 4.59. The highest BCUT2D eigenvalue weighted by molar-refractivity contribution is 5.80. The summed E-state index contributed by atoms with van der Waals surface area (Å²) in [5.74, 6) is -1.35. The fraction of sp³-hybridized carbons (Fsp3) is 0.364. The lowest BCUT2D eigenvalue weighted by Gasteiger charge is -2.13. The molecule has 6 nitrogen and oxygen atoms in total. The molecule has 18 heavy (non-hydrogen) atoms. The van der Waals surface area contributed by atoms with Crippen LogP contribution < -0.4 is 10.1 Å². The van der Waals surface area contributed by atoms with Gasteiger partial charge in [-0.15, -0.1) is 0 Å². The van der Waals surface area contributed by atoms with Crippen LogP contribution in [0.5, 0.6) is 5.75 Å². The third-order valence-corrected chi connectivity index (χ3v) is 2.14. The zero-order valence-corrected chi connectivity index (χ0v) is 9.97. The van der Waals surface area contributed by atoms with Gasteiger partial charge in [0.05, 0.1) is 4.92 Å². The van der Waals surface area contributed by atoms with Gasteiger partial charge in [-0.05, 0) is 19.9 Å². The van der Waals surface area contributed by atoms with E-state index in [4.69, 9.17) is 4.74 Å². The Morgan fingerprint density at radius 2 is 2.28 bits per heavy atom. The maximum atomic E-state index is 13.0. The second-order valence-electron chi connectivity index (χ2n) is 3.52. The maximum Gasteiger partial charge on any atom is 0.311 e. The standard InChI is InChI=1S/C11H13FN2O4/c1-3-13-11(15)7(2)18-10-6-8(12)4-5-9(10)14(16)17/h4-7H,3H2,1-2H3,(H,13,15). The predicted molar refractivity (Wildman–Crippen MR) is 61.8 cm³/mol. The van der Waals surface area contributed by atoms with Crippen LogP contribution in [0.25, 0.3) is 0 Å². The van der Waals surface area contributed by atoms with Crippen LogP contribution in [0.1, 0.15) is 13.8 Å². The predicted octanol–water partition coefficient (Wildman–Crippen LogP) is 1.64. The van der Waals surface area contributed by atoms with E-state index in [0.29, 0.717) is 6.54 Å². The van der Waals surface area contributed by atoms with Crippen molar-refractivity contribution in [3.05, 3.63) is 34.1 Å². The smallest absolute Gasteiger partial charge is 0.311 e. The Bertz CT molecular complexity index is 464. The van der Waals surface area contributed by atoms with Gasteiger partial charge in [0.25, 0.3) is 5.91 Å². The number of ether oxygens (including phenoxy) is 1. The molecule has 98 valence electrons. The second-order valence-corrected chi connectivity index (χ2v) is 3.52. The highest BCUT2D eigenvalue weighted by atomic mass is 19.1. The van der Waals surface area contributed by atoms with E-state index < -0.39 is 22.8 Å². The van der Waals surface area contributed by atoms with Gasteiger partial charge in [0.2, 0.25) is 5.75 Å². The first-order valence-corrected chi connectivity index (χ1v) is 5.34. The van der Waals surface area contributed by atoms with Gasteiger partial charge in [-0.3, -0.25) is 14.9 Å². The number of nitrogens with one attached hydrogen (secondary N) is 1. The van der Waals surface area contributed by atoms with E-state index >= 15 is 0 Å². The molecule has 1 rings (SSSR count). The third-order valence-electron chi connectivity index (χ3n) is 2.14. The molecule has 0 aromatic heterocycles. The fourth-order valence-corrected chi connectivity index (χ4v) is 1.30. The maximum absolute atomic E-state index is 13.0. The van der Waals surface area contributed by atoms with Crippen LogP contribution in [0.2, 0.25) is 0 Å². The Labute approximate surface area is 103 Å². The lowest BCUT2D eigenvalue weighted by Crippen LogP contribution is -2.36. The number of halogens is 1. The molecule has 0 saturated carbocycles. The lowest BCUT2D eigenvalue weighted by molar-refractivity contribution is -0.386. The SMILES string of the molecule is CCNC(=O)C(C)Oc1cc(F)ccc1[N+](=O)[O-]. The van der Waals surface area contributed by atoms with Crippen molar-refractivity contribution in [2.24, 2.45) is 0 Å². The minimum absolute atomic E-state index is 0.265. The molecule has 1 aromatic rings. The summed E-state index contributed by atoms with van der Waals surface area (Å²) in [5.41, 5.74) is -0.382. The highest BCUT2D eigenvalue weighted by Crippen LogP contribution is 2.28. The molecule has 0 bridgehead atoms. The third kappa shape index (κ3) is 3.41. The van der Waals surface area contributed by atoms with Gasteiger partial charge >= 0.3 is 5.69 Å². The van der Waals surface area contributed by atoms with E-state index in [1.807, 2.05) is 0 Å². The van der Waals surface area contributed by atoms with E-state index in [1.54, 1.807) is 6.92 Å². The number of nitrogens with zero attached hydrogens (tertiary/aromatic N) is 1. The van der Waals surface area contributed by atoms with Crippen molar-refractivity contribution in [1.82, 2.24) is 5.32 Å². The first-order chi connectivity index (χ1) is 8.45. The Morgan fingerprint density at radius 3 is 2.83 bits per heavy atom. The number of rotatable bonds is 5. The van der Waals surface area contributed by atoms with Crippen molar-refractivity contribution >= 4 is 11.6 Å². The summed E-state index contributed by atoms with van der Waals surface area (Å²) in [5, 5.41) is 13.2. The second kappa shape index (κ2) is 5.95. The monoisotopic (exact) mass is 256 g/mol. The molecule has 0 heterocycles. The molecule has 1 amide bonds. The molecular formula is C11H13FN2O4. The summed E-state index contributed by atoms with van der Waals surface area (Å²) in [4.78, 5) is 21.4. The average Bonchev–Trinajstić information content (AvgIpc) is 2.28. The largest absolute Gasteiger partial charge is 0.474 e. The first-order valence-electron chi connectivity index (χ1n) is 5.34. The molecule has 0 aliphatic heterocycles. The van der Waals surface area contributed by atoms with Crippen LogP contribution in [0.4, 0.5) is 10.1 Å². The molecular weight excluding hydrogens is 243 g/mol. The van der Waals surface area contributed by atoms with Gasteiger partial charge in [0, 0.05) is 18.7 Å². The minimum Gasteiger partial charge on any atom is -0.474 e. The Morgan fingerprint density at radius 1 is 1.61 bits per heavy atom. The summed E-state index contributed by atoms with van der Waals surface area (Å²) in [6.07, 6.45) is -0.939. The van der Waals surface area contributed by atoms with E-state index in [-0.39, 0.29) is 11.4 Å². The number of carbonyl (C=O) groups is 1. The molecule has 0 saturated heterocycles. The van der Waals surface area contributed by atoms with E-state index in [1.165, 1.54) is 6.92 Å².